The molecule has 2 heteroatoms. The molecule has 0 saturated heterocycles. The molecule has 0 aromatic carbocycles. The third-order valence-electron chi connectivity index (χ3n) is 3.18. The number of likely N-dealkylation sites (N-methyl/N-ethyl adjacent to an activating group) is 1. The van der Waals surface area contributed by atoms with Gasteiger partial charge in [-0.25, -0.2) is 0 Å². The molecular weight excluding hydrogens is 198 g/mol. The minimum absolute atomic E-state index is 0.160. The third kappa shape index (κ3) is 3.84. The summed E-state index contributed by atoms with van der Waals surface area (Å²) in [5.74, 6) is 0.160. The Morgan fingerprint density at radius 1 is 1.25 bits per heavy atom. The smallest absolute Gasteiger partial charge is 0.246 e. The fraction of sp³-hybridized carbons (Fsp3) is 0.643. The lowest BCUT2D eigenvalue weighted by Crippen LogP contribution is -2.40. The van der Waals surface area contributed by atoms with Crippen LogP contribution in [0, 0.1) is 0 Å². The second-order valence-electron chi connectivity index (χ2n) is 4.30. The van der Waals surface area contributed by atoms with Gasteiger partial charge in [0.2, 0.25) is 5.91 Å². The third-order valence-corrected chi connectivity index (χ3v) is 3.18. The molecule has 16 heavy (non-hydrogen) atoms. The molecule has 1 amide bonds. The highest BCUT2D eigenvalue weighted by Gasteiger charge is 2.22. The summed E-state index contributed by atoms with van der Waals surface area (Å²) >= 11 is 0. The fourth-order valence-electron chi connectivity index (χ4n) is 2.33. The lowest BCUT2D eigenvalue weighted by molar-refractivity contribution is -0.128. The zero-order chi connectivity index (χ0) is 11.8. The molecule has 1 aliphatic rings. The molecule has 1 rings (SSSR count). The Hall–Kier alpha value is -1.05. The molecule has 0 unspecified atom stereocenters. The van der Waals surface area contributed by atoms with Crippen LogP contribution in [0.15, 0.2) is 24.3 Å². The molecule has 0 heterocycles. The number of hydrogen-bond acceptors (Lipinski definition) is 1. The Balaban J connectivity index is 2.54. The van der Waals surface area contributed by atoms with E-state index in [0.717, 1.165) is 6.54 Å². The molecule has 0 aromatic rings. The molecular formula is C14H23NO. The predicted molar refractivity (Wildman–Crippen MR) is 68.2 cm³/mol. The summed E-state index contributed by atoms with van der Waals surface area (Å²) in [5.41, 5.74) is 0. The fourth-order valence-corrected chi connectivity index (χ4v) is 2.33. The van der Waals surface area contributed by atoms with Gasteiger partial charge in [0.25, 0.3) is 0 Å². The summed E-state index contributed by atoms with van der Waals surface area (Å²) in [6.45, 7) is 4.84. The Morgan fingerprint density at radius 2 is 1.94 bits per heavy atom. The zero-order valence-electron chi connectivity index (χ0n) is 10.5. The second-order valence-corrected chi connectivity index (χ2v) is 4.30. The highest BCUT2D eigenvalue weighted by atomic mass is 16.2. The minimum atomic E-state index is 0.160. The van der Waals surface area contributed by atoms with Gasteiger partial charge in [0, 0.05) is 18.7 Å². The highest BCUT2D eigenvalue weighted by Crippen LogP contribution is 2.22. The van der Waals surface area contributed by atoms with Crippen molar-refractivity contribution in [2.24, 2.45) is 0 Å². The quantitative estimate of drug-likeness (QED) is 0.527. The summed E-state index contributed by atoms with van der Waals surface area (Å²) in [4.78, 5) is 14.0. The molecule has 1 fully saturated rings. The Bertz CT molecular complexity index is 262. The first-order valence-electron chi connectivity index (χ1n) is 6.39. The normalized spacial score (nSPS) is 18.4. The zero-order valence-corrected chi connectivity index (χ0v) is 10.5. The van der Waals surface area contributed by atoms with Gasteiger partial charge in [-0.3, -0.25) is 4.79 Å². The van der Waals surface area contributed by atoms with Crippen LogP contribution in [-0.2, 0) is 4.79 Å². The van der Waals surface area contributed by atoms with Crippen LogP contribution in [0.2, 0.25) is 0 Å². The molecule has 1 saturated carbocycles. The number of nitrogens with zero attached hydrogens (tertiary/aromatic N) is 1. The van der Waals surface area contributed by atoms with Gasteiger partial charge in [-0.05, 0) is 26.7 Å². The number of carbonyl (C=O) groups is 1. The van der Waals surface area contributed by atoms with E-state index in [1.54, 1.807) is 6.08 Å². The Kier molecular flexibility index (Phi) is 5.91. The van der Waals surface area contributed by atoms with Crippen molar-refractivity contribution in [2.75, 3.05) is 6.54 Å². The van der Waals surface area contributed by atoms with Crippen molar-refractivity contribution in [2.45, 2.75) is 52.0 Å². The van der Waals surface area contributed by atoms with Crippen LogP contribution in [0.4, 0.5) is 0 Å². The first-order valence-corrected chi connectivity index (χ1v) is 6.39. The van der Waals surface area contributed by atoms with E-state index in [4.69, 9.17) is 0 Å². The summed E-state index contributed by atoms with van der Waals surface area (Å²) in [6.07, 6.45) is 13.6. The summed E-state index contributed by atoms with van der Waals surface area (Å²) in [5, 5.41) is 0. The lowest BCUT2D eigenvalue weighted by atomic mass is 9.94. The van der Waals surface area contributed by atoms with E-state index in [1.807, 2.05) is 30.1 Å². The molecule has 90 valence electrons. The van der Waals surface area contributed by atoms with E-state index in [0.29, 0.717) is 6.04 Å². The molecule has 0 N–H and O–H groups in total. The van der Waals surface area contributed by atoms with Crippen LogP contribution >= 0.6 is 0 Å². The van der Waals surface area contributed by atoms with Gasteiger partial charge in [-0.15, -0.1) is 0 Å². The van der Waals surface area contributed by atoms with Crippen molar-refractivity contribution in [1.82, 2.24) is 4.90 Å². The van der Waals surface area contributed by atoms with Crippen molar-refractivity contribution < 1.29 is 4.79 Å². The molecule has 1 aliphatic carbocycles. The van der Waals surface area contributed by atoms with Crippen molar-refractivity contribution >= 4 is 5.91 Å². The van der Waals surface area contributed by atoms with Crippen molar-refractivity contribution in [3.8, 4) is 0 Å². The van der Waals surface area contributed by atoms with Crippen molar-refractivity contribution in [3.05, 3.63) is 24.3 Å². The van der Waals surface area contributed by atoms with Gasteiger partial charge in [-0.2, -0.15) is 0 Å². The van der Waals surface area contributed by atoms with Gasteiger partial charge in [0.15, 0.2) is 0 Å². The van der Waals surface area contributed by atoms with E-state index in [1.165, 1.54) is 32.1 Å². The van der Waals surface area contributed by atoms with E-state index >= 15 is 0 Å². The molecule has 2 nitrogen and oxygen atoms in total. The largest absolute Gasteiger partial charge is 0.336 e. The minimum Gasteiger partial charge on any atom is -0.336 e. The van der Waals surface area contributed by atoms with Crippen LogP contribution < -0.4 is 0 Å². The Morgan fingerprint density at radius 3 is 2.50 bits per heavy atom. The SMILES string of the molecule is CC=C/C=C/C(=O)N(CC)C1CCCCC1. The second kappa shape index (κ2) is 7.26. The van der Waals surface area contributed by atoms with Crippen molar-refractivity contribution in [1.29, 1.82) is 0 Å². The topological polar surface area (TPSA) is 20.3 Å². The van der Waals surface area contributed by atoms with Crippen LogP contribution in [0.25, 0.3) is 0 Å². The molecule has 0 aromatic heterocycles. The van der Waals surface area contributed by atoms with Crippen LogP contribution in [0.1, 0.15) is 46.0 Å². The molecule has 0 bridgehead atoms. The standard InChI is InChI=1S/C14H23NO/c1-3-5-7-12-14(16)15(4-2)13-10-8-6-9-11-13/h3,5,7,12-13H,4,6,8-11H2,1-2H3/b5-3?,12-7+. The number of allylic oxidation sites excluding steroid dienone is 3. The molecule has 0 aliphatic heterocycles. The lowest BCUT2D eigenvalue weighted by Gasteiger charge is -2.32. The van der Waals surface area contributed by atoms with Crippen molar-refractivity contribution in [3.63, 3.8) is 0 Å². The number of amides is 1. The average Bonchev–Trinajstić information content (AvgIpc) is 2.32. The maximum atomic E-state index is 12.0. The molecule has 0 radical (unpaired) electrons. The Labute approximate surface area is 99.0 Å². The first-order chi connectivity index (χ1) is 7.79. The van der Waals surface area contributed by atoms with Gasteiger partial charge < -0.3 is 4.90 Å². The van der Waals surface area contributed by atoms with E-state index in [2.05, 4.69) is 6.92 Å². The first kappa shape index (κ1) is 13.0. The van der Waals surface area contributed by atoms with Crippen LogP contribution in [0.3, 0.4) is 0 Å². The number of hydrogen-bond donors (Lipinski definition) is 0. The number of carbonyl (C=O) groups excluding carboxylic acids is 1. The van der Waals surface area contributed by atoms with E-state index in [9.17, 15) is 4.79 Å². The summed E-state index contributed by atoms with van der Waals surface area (Å²) in [6, 6.07) is 0.474. The summed E-state index contributed by atoms with van der Waals surface area (Å²) in [7, 11) is 0. The predicted octanol–water partition coefficient (Wildman–Crippen LogP) is 3.30. The van der Waals surface area contributed by atoms with Gasteiger partial charge in [0.1, 0.15) is 0 Å². The van der Waals surface area contributed by atoms with E-state index in [-0.39, 0.29) is 5.91 Å². The number of rotatable bonds is 4. The molecule has 0 spiro atoms. The highest BCUT2D eigenvalue weighted by molar-refractivity contribution is 5.88. The van der Waals surface area contributed by atoms with Gasteiger partial charge >= 0.3 is 0 Å². The maximum Gasteiger partial charge on any atom is 0.246 e. The summed E-state index contributed by atoms with van der Waals surface area (Å²) < 4.78 is 0. The monoisotopic (exact) mass is 221 g/mol. The van der Waals surface area contributed by atoms with Crippen LogP contribution in [-0.4, -0.2) is 23.4 Å². The van der Waals surface area contributed by atoms with Crippen LogP contribution in [0.5, 0.6) is 0 Å². The average molecular weight is 221 g/mol. The van der Waals surface area contributed by atoms with E-state index < -0.39 is 0 Å². The van der Waals surface area contributed by atoms with Gasteiger partial charge in [0.05, 0.1) is 0 Å². The van der Waals surface area contributed by atoms with Gasteiger partial charge in [-0.1, -0.05) is 37.5 Å². The maximum absolute atomic E-state index is 12.0. The molecule has 0 atom stereocenters.